The van der Waals surface area contributed by atoms with Crippen molar-refractivity contribution in [3.05, 3.63) is 36.5 Å². The number of hydrogen-bond acceptors (Lipinski definition) is 3. The topological polar surface area (TPSA) is 66.8 Å². The van der Waals surface area contributed by atoms with Gasteiger partial charge in [0.25, 0.3) is 0 Å². The van der Waals surface area contributed by atoms with Gasteiger partial charge in [0.2, 0.25) is 0 Å². The number of aliphatic hydroxyl groups is 1. The van der Waals surface area contributed by atoms with E-state index in [0.717, 1.165) is 44.9 Å². The molecule has 0 radical (unpaired) electrons. The molecule has 24 heavy (non-hydrogen) atoms. The van der Waals surface area contributed by atoms with Crippen LogP contribution in [0, 0.1) is 0 Å². The van der Waals surface area contributed by atoms with E-state index in [0.29, 0.717) is 6.61 Å². The van der Waals surface area contributed by atoms with Gasteiger partial charge in [-0.25, -0.2) is 4.79 Å². The molecule has 0 aliphatic carbocycles. The highest BCUT2D eigenvalue weighted by atomic mass is 16.5. The van der Waals surface area contributed by atoms with Gasteiger partial charge in [-0.15, -0.1) is 0 Å². The normalized spacial score (nSPS) is 13.4. The minimum absolute atomic E-state index is 0.198. The average molecular weight is 338 g/mol. The fourth-order valence-corrected chi connectivity index (χ4v) is 2.14. The lowest BCUT2D eigenvalue weighted by molar-refractivity contribution is -0.142. The van der Waals surface area contributed by atoms with Crippen molar-refractivity contribution in [2.75, 3.05) is 13.2 Å². The first-order valence-electron chi connectivity index (χ1n) is 9.12. The third-order valence-electron chi connectivity index (χ3n) is 3.51. The van der Waals surface area contributed by atoms with Crippen LogP contribution in [-0.2, 0) is 9.53 Å². The van der Waals surface area contributed by atoms with Crippen molar-refractivity contribution in [1.82, 2.24) is 0 Å². The minimum atomic E-state index is -0.910. The van der Waals surface area contributed by atoms with Crippen molar-refractivity contribution < 1.29 is 19.7 Å². The maximum atomic E-state index is 10.2. The Kier molecular flexibility index (Phi) is 16.9. The van der Waals surface area contributed by atoms with Crippen LogP contribution >= 0.6 is 0 Å². The van der Waals surface area contributed by atoms with Crippen LogP contribution < -0.4 is 0 Å². The summed E-state index contributed by atoms with van der Waals surface area (Å²) in [6, 6.07) is 0. The summed E-state index contributed by atoms with van der Waals surface area (Å²) in [6.07, 6.45) is 21.1. The maximum Gasteiger partial charge on any atom is 0.329 e. The zero-order valence-corrected chi connectivity index (χ0v) is 15.0. The molecule has 0 heterocycles. The van der Waals surface area contributed by atoms with Crippen LogP contribution in [0.5, 0.6) is 0 Å². The Bertz CT molecular complexity index is 372. The number of carboxylic acids is 1. The Hall–Kier alpha value is -1.39. The highest BCUT2D eigenvalue weighted by Crippen LogP contribution is 2.04. The van der Waals surface area contributed by atoms with E-state index in [1.807, 2.05) is 18.2 Å². The molecule has 4 heteroatoms. The third-order valence-corrected chi connectivity index (χ3v) is 3.51. The molecule has 0 saturated carbocycles. The van der Waals surface area contributed by atoms with Crippen molar-refractivity contribution >= 4 is 5.97 Å². The number of allylic oxidation sites excluding steroid dienone is 5. The molecule has 138 valence electrons. The molecule has 1 unspecified atom stereocenters. The molecule has 0 aromatic carbocycles. The molecule has 0 aromatic heterocycles. The van der Waals surface area contributed by atoms with Gasteiger partial charge >= 0.3 is 5.97 Å². The van der Waals surface area contributed by atoms with Crippen LogP contribution in [0.15, 0.2) is 36.5 Å². The molecule has 0 fully saturated rings. The van der Waals surface area contributed by atoms with Crippen LogP contribution in [0.3, 0.4) is 0 Å². The quantitative estimate of drug-likeness (QED) is 0.244. The summed E-state index contributed by atoms with van der Waals surface area (Å²) in [7, 11) is 0. The SMILES string of the molecule is CCCCCC(O)C=CC=CCC=CCCCCCOCC(=O)O. The van der Waals surface area contributed by atoms with E-state index >= 15 is 0 Å². The van der Waals surface area contributed by atoms with Crippen LogP contribution in [-0.4, -0.2) is 35.5 Å². The third kappa shape index (κ3) is 18.7. The highest BCUT2D eigenvalue weighted by Gasteiger charge is 1.96. The predicted octanol–water partition coefficient (Wildman–Crippen LogP) is 4.65. The molecule has 0 amide bonds. The van der Waals surface area contributed by atoms with Crippen LogP contribution in [0.2, 0.25) is 0 Å². The van der Waals surface area contributed by atoms with E-state index in [9.17, 15) is 9.90 Å². The van der Waals surface area contributed by atoms with E-state index in [-0.39, 0.29) is 12.7 Å². The predicted molar refractivity (Wildman–Crippen MR) is 99.1 cm³/mol. The molecule has 1 atom stereocenters. The Balaban J connectivity index is 3.43. The Morgan fingerprint density at radius 2 is 1.88 bits per heavy atom. The van der Waals surface area contributed by atoms with Gasteiger partial charge in [0.1, 0.15) is 6.61 Å². The maximum absolute atomic E-state index is 10.2. The molecule has 0 saturated heterocycles. The summed E-state index contributed by atoms with van der Waals surface area (Å²) in [6.45, 7) is 2.49. The average Bonchev–Trinajstić information content (AvgIpc) is 2.55. The number of unbranched alkanes of at least 4 members (excludes halogenated alkanes) is 5. The monoisotopic (exact) mass is 338 g/mol. The zero-order chi connectivity index (χ0) is 17.9. The second-order valence-electron chi connectivity index (χ2n) is 5.88. The zero-order valence-electron chi connectivity index (χ0n) is 15.0. The van der Waals surface area contributed by atoms with Crippen molar-refractivity contribution in [3.8, 4) is 0 Å². The molecule has 0 aliphatic rings. The van der Waals surface area contributed by atoms with E-state index in [2.05, 4.69) is 25.2 Å². The molecule has 4 nitrogen and oxygen atoms in total. The van der Waals surface area contributed by atoms with E-state index in [4.69, 9.17) is 9.84 Å². The molecule has 0 aliphatic heterocycles. The molecule has 0 aromatic rings. The first-order chi connectivity index (χ1) is 11.7. The van der Waals surface area contributed by atoms with Gasteiger partial charge < -0.3 is 14.9 Å². The summed E-state index contributed by atoms with van der Waals surface area (Å²) in [5, 5.41) is 18.1. The number of rotatable bonds is 16. The van der Waals surface area contributed by atoms with Crippen molar-refractivity contribution in [1.29, 1.82) is 0 Å². The van der Waals surface area contributed by atoms with Crippen LogP contribution in [0.4, 0.5) is 0 Å². The largest absolute Gasteiger partial charge is 0.480 e. The second-order valence-corrected chi connectivity index (χ2v) is 5.88. The summed E-state index contributed by atoms with van der Waals surface area (Å²) in [5.74, 6) is -0.910. The standard InChI is InChI=1S/C20H34O4/c1-2-3-12-15-19(21)16-13-10-8-6-4-5-7-9-11-14-17-24-18-20(22)23/h4-5,8,10,13,16,19,21H,2-3,6-7,9,11-12,14-15,17-18H2,1H3,(H,22,23). The van der Waals surface area contributed by atoms with Gasteiger partial charge in [-0.3, -0.25) is 0 Å². The first-order valence-corrected chi connectivity index (χ1v) is 9.12. The summed E-state index contributed by atoms with van der Waals surface area (Å²) in [4.78, 5) is 10.2. The second kappa shape index (κ2) is 18.0. The van der Waals surface area contributed by atoms with E-state index < -0.39 is 5.97 Å². The Morgan fingerprint density at radius 3 is 2.62 bits per heavy atom. The van der Waals surface area contributed by atoms with Crippen molar-refractivity contribution in [2.24, 2.45) is 0 Å². The van der Waals surface area contributed by atoms with Gasteiger partial charge in [0.05, 0.1) is 6.10 Å². The molecule has 0 bridgehead atoms. The number of hydrogen-bond donors (Lipinski definition) is 2. The molecule has 0 spiro atoms. The summed E-state index contributed by atoms with van der Waals surface area (Å²) >= 11 is 0. The number of ether oxygens (including phenoxy) is 1. The lowest BCUT2D eigenvalue weighted by Crippen LogP contribution is -2.07. The van der Waals surface area contributed by atoms with Gasteiger partial charge in [-0.2, -0.15) is 0 Å². The van der Waals surface area contributed by atoms with Gasteiger partial charge in [-0.1, -0.05) is 69.1 Å². The van der Waals surface area contributed by atoms with Gasteiger partial charge in [0.15, 0.2) is 0 Å². The minimum Gasteiger partial charge on any atom is -0.480 e. The number of aliphatic hydroxyl groups excluding tert-OH is 1. The van der Waals surface area contributed by atoms with Crippen molar-refractivity contribution in [2.45, 2.75) is 70.8 Å². The summed E-state index contributed by atoms with van der Waals surface area (Å²) < 4.78 is 4.97. The van der Waals surface area contributed by atoms with Crippen molar-refractivity contribution in [3.63, 3.8) is 0 Å². The lowest BCUT2D eigenvalue weighted by atomic mass is 10.1. The fourth-order valence-electron chi connectivity index (χ4n) is 2.14. The summed E-state index contributed by atoms with van der Waals surface area (Å²) in [5.41, 5.74) is 0. The van der Waals surface area contributed by atoms with Crippen LogP contribution in [0.25, 0.3) is 0 Å². The fraction of sp³-hybridized carbons (Fsp3) is 0.650. The number of carbonyl (C=O) groups is 1. The first kappa shape index (κ1) is 22.6. The highest BCUT2D eigenvalue weighted by molar-refractivity contribution is 5.67. The molecular formula is C20H34O4. The lowest BCUT2D eigenvalue weighted by Gasteiger charge is -2.02. The number of carboxylic acid groups (broad SMARTS) is 1. The molecule has 0 rings (SSSR count). The van der Waals surface area contributed by atoms with Gasteiger partial charge in [0, 0.05) is 6.61 Å². The van der Waals surface area contributed by atoms with Crippen LogP contribution in [0.1, 0.15) is 64.7 Å². The Morgan fingerprint density at radius 1 is 1.04 bits per heavy atom. The molecule has 2 N–H and O–H groups in total. The molecular weight excluding hydrogens is 304 g/mol. The van der Waals surface area contributed by atoms with E-state index in [1.165, 1.54) is 12.8 Å². The van der Waals surface area contributed by atoms with Gasteiger partial charge in [-0.05, 0) is 32.1 Å². The van der Waals surface area contributed by atoms with E-state index in [1.54, 1.807) is 0 Å². The Labute approximate surface area is 146 Å². The number of aliphatic carboxylic acids is 1. The smallest absolute Gasteiger partial charge is 0.329 e.